The molecule has 0 unspecified atom stereocenters. The Labute approximate surface area is 105 Å². The summed E-state index contributed by atoms with van der Waals surface area (Å²) in [6.07, 6.45) is 2.52. The average molecular weight is 252 g/mol. The first kappa shape index (κ1) is 11.2. The van der Waals surface area contributed by atoms with E-state index >= 15 is 0 Å². The lowest BCUT2D eigenvalue weighted by atomic mass is 10.1. The van der Waals surface area contributed by atoms with E-state index in [9.17, 15) is 4.79 Å². The number of piperidine rings is 1. The van der Waals surface area contributed by atoms with Gasteiger partial charge in [0.05, 0.1) is 17.7 Å². The van der Waals surface area contributed by atoms with Crippen LogP contribution in [0.5, 0.6) is 0 Å². The van der Waals surface area contributed by atoms with E-state index in [0.29, 0.717) is 11.6 Å². The van der Waals surface area contributed by atoms with Gasteiger partial charge in [-0.15, -0.1) is 11.3 Å². The molecule has 17 heavy (non-hydrogen) atoms. The smallest absolute Gasteiger partial charge is 0.273 e. The Morgan fingerprint density at radius 1 is 1.65 bits per heavy atom. The first-order valence-corrected chi connectivity index (χ1v) is 7.06. The molecule has 92 valence electrons. The maximum Gasteiger partial charge on any atom is 0.273 e. The number of hydrogen-bond donors (Lipinski definition) is 0. The van der Waals surface area contributed by atoms with E-state index in [1.54, 1.807) is 5.51 Å². The van der Waals surface area contributed by atoms with Gasteiger partial charge in [0.1, 0.15) is 5.69 Å². The lowest BCUT2D eigenvalue weighted by molar-refractivity contribution is 0.0331. The van der Waals surface area contributed by atoms with Crippen LogP contribution in [0.3, 0.4) is 0 Å². The maximum absolute atomic E-state index is 12.3. The second-order valence-electron chi connectivity index (χ2n) is 4.66. The highest BCUT2D eigenvalue weighted by Crippen LogP contribution is 2.40. The number of likely N-dealkylation sites (tertiary alicyclic amines) is 1. The van der Waals surface area contributed by atoms with Crippen molar-refractivity contribution >= 4 is 17.2 Å². The van der Waals surface area contributed by atoms with Gasteiger partial charge in [0.2, 0.25) is 0 Å². The number of rotatable bonds is 3. The SMILES string of the molecule is CCO[C@H]1[C@H]2CC[C@H]1N(C(=O)c1cscn1)C2. The molecule has 0 aromatic carbocycles. The summed E-state index contributed by atoms with van der Waals surface area (Å²) in [5, 5.41) is 1.82. The number of amides is 1. The van der Waals surface area contributed by atoms with E-state index in [1.807, 2.05) is 17.2 Å². The molecule has 0 radical (unpaired) electrons. The minimum Gasteiger partial charge on any atom is -0.376 e. The summed E-state index contributed by atoms with van der Waals surface area (Å²) in [4.78, 5) is 18.3. The molecule has 3 rings (SSSR count). The van der Waals surface area contributed by atoms with Crippen molar-refractivity contribution in [3.8, 4) is 0 Å². The summed E-state index contributed by atoms with van der Waals surface area (Å²) in [6.45, 7) is 3.59. The van der Waals surface area contributed by atoms with Crippen LogP contribution in [0.1, 0.15) is 30.3 Å². The highest BCUT2D eigenvalue weighted by Gasteiger charge is 2.49. The van der Waals surface area contributed by atoms with Crippen molar-refractivity contribution in [3.05, 3.63) is 16.6 Å². The molecule has 1 aromatic rings. The fourth-order valence-electron chi connectivity index (χ4n) is 3.08. The summed E-state index contributed by atoms with van der Waals surface area (Å²) in [5.74, 6) is 0.602. The Kier molecular flexibility index (Phi) is 2.88. The minimum atomic E-state index is 0.0724. The Morgan fingerprint density at radius 3 is 3.24 bits per heavy atom. The lowest BCUT2D eigenvalue weighted by Gasteiger charge is -2.26. The van der Waals surface area contributed by atoms with Gasteiger partial charge in [-0.25, -0.2) is 4.98 Å². The highest BCUT2D eigenvalue weighted by molar-refractivity contribution is 7.07. The van der Waals surface area contributed by atoms with Crippen molar-refractivity contribution in [1.29, 1.82) is 0 Å². The summed E-state index contributed by atoms with van der Waals surface area (Å²) < 4.78 is 5.78. The molecular weight excluding hydrogens is 236 g/mol. The van der Waals surface area contributed by atoms with E-state index < -0.39 is 0 Å². The van der Waals surface area contributed by atoms with Gasteiger partial charge in [0.15, 0.2) is 0 Å². The van der Waals surface area contributed by atoms with Crippen molar-refractivity contribution in [1.82, 2.24) is 9.88 Å². The molecule has 3 atom stereocenters. The third kappa shape index (κ3) is 1.77. The van der Waals surface area contributed by atoms with Gasteiger partial charge in [-0.2, -0.15) is 0 Å². The molecule has 1 aliphatic heterocycles. The molecule has 1 saturated heterocycles. The molecule has 2 aliphatic rings. The molecule has 1 aromatic heterocycles. The normalized spacial score (nSPS) is 31.1. The number of carbonyl (C=O) groups is 1. The van der Waals surface area contributed by atoms with Crippen molar-refractivity contribution in [2.24, 2.45) is 5.92 Å². The molecule has 5 heteroatoms. The summed E-state index contributed by atoms with van der Waals surface area (Å²) in [6, 6.07) is 0.272. The van der Waals surface area contributed by atoms with Crippen molar-refractivity contribution in [2.45, 2.75) is 31.9 Å². The maximum atomic E-state index is 12.3. The third-order valence-electron chi connectivity index (χ3n) is 3.78. The number of thiazole rings is 1. The monoisotopic (exact) mass is 252 g/mol. The second-order valence-corrected chi connectivity index (χ2v) is 5.37. The number of fused-ring (bicyclic) bond motifs is 2. The van der Waals surface area contributed by atoms with E-state index in [-0.39, 0.29) is 18.1 Å². The molecule has 2 heterocycles. The van der Waals surface area contributed by atoms with E-state index in [1.165, 1.54) is 17.8 Å². The van der Waals surface area contributed by atoms with Crippen LogP contribution in [0.4, 0.5) is 0 Å². The van der Waals surface area contributed by atoms with Gasteiger partial charge in [0.25, 0.3) is 5.91 Å². The Balaban J connectivity index is 1.76. The Morgan fingerprint density at radius 2 is 2.53 bits per heavy atom. The summed E-state index contributed by atoms with van der Waals surface area (Å²) in [7, 11) is 0. The van der Waals surface area contributed by atoms with Gasteiger partial charge in [-0.1, -0.05) is 0 Å². The predicted molar refractivity (Wildman–Crippen MR) is 65.1 cm³/mol. The predicted octanol–water partition coefficient (Wildman–Crippen LogP) is 1.78. The molecular formula is C12H16N2O2S. The molecule has 1 saturated carbocycles. The largest absolute Gasteiger partial charge is 0.376 e. The molecule has 0 N–H and O–H groups in total. The number of nitrogens with zero attached hydrogens (tertiary/aromatic N) is 2. The number of hydrogen-bond acceptors (Lipinski definition) is 4. The average Bonchev–Trinajstić information content (AvgIpc) is 3.04. The van der Waals surface area contributed by atoms with Crippen molar-refractivity contribution < 1.29 is 9.53 Å². The lowest BCUT2D eigenvalue weighted by Crippen LogP contribution is -2.40. The molecule has 1 aliphatic carbocycles. The molecule has 2 bridgehead atoms. The Hall–Kier alpha value is -0.940. The van der Waals surface area contributed by atoms with Gasteiger partial charge in [0, 0.05) is 24.4 Å². The fourth-order valence-corrected chi connectivity index (χ4v) is 3.61. The molecule has 4 nitrogen and oxygen atoms in total. The zero-order valence-electron chi connectivity index (χ0n) is 9.83. The van der Waals surface area contributed by atoms with Crippen LogP contribution in [0.25, 0.3) is 0 Å². The van der Waals surface area contributed by atoms with Gasteiger partial charge < -0.3 is 9.64 Å². The van der Waals surface area contributed by atoms with Gasteiger partial charge in [-0.05, 0) is 19.8 Å². The zero-order chi connectivity index (χ0) is 11.8. The first-order chi connectivity index (χ1) is 8.31. The minimum absolute atomic E-state index is 0.0724. The van der Waals surface area contributed by atoms with Crippen molar-refractivity contribution in [3.63, 3.8) is 0 Å². The van der Waals surface area contributed by atoms with Crippen LogP contribution < -0.4 is 0 Å². The van der Waals surface area contributed by atoms with Crippen LogP contribution in [0.15, 0.2) is 10.9 Å². The third-order valence-corrected chi connectivity index (χ3v) is 4.37. The Bertz CT molecular complexity index is 407. The van der Waals surface area contributed by atoms with Crippen LogP contribution in [0.2, 0.25) is 0 Å². The standard InChI is InChI=1S/C12H16N2O2S/c1-2-16-11-8-3-4-10(11)14(5-8)12(15)9-6-17-7-13-9/h6-8,10-11H,2-5H2,1H3/t8-,10+,11-/m0/s1. The quantitative estimate of drug-likeness (QED) is 0.823. The first-order valence-electron chi connectivity index (χ1n) is 6.12. The van der Waals surface area contributed by atoms with Crippen LogP contribution in [-0.2, 0) is 4.74 Å². The van der Waals surface area contributed by atoms with Crippen LogP contribution in [-0.4, -0.2) is 41.1 Å². The second kappa shape index (κ2) is 4.38. The van der Waals surface area contributed by atoms with Crippen LogP contribution >= 0.6 is 11.3 Å². The van der Waals surface area contributed by atoms with E-state index in [4.69, 9.17) is 4.74 Å². The van der Waals surface area contributed by atoms with Gasteiger partial charge >= 0.3 is 0 Å². The van der Waals surface area contributed by atoms with E-state index in [2.05, 4.69) is 4.98 Å². The molecule has 2 fully saturated rings. The molecule has 0 spiro atoms. The van der Waals surface area contributed by atoms with Crippen LogP contribution in [0, 0.1) is 5.92 Å². The zero-order valence-corrected chi connectivity index (χ0v) is 10.7. The number of carbonyl (C=O) groups excluding carboxylic acids is 1. The number of aromatic nitrogens is 1. The van der Waals surface area contributed by atoms with Gasteiger partial charge in [-0.3, -0.25) is 4.79 Å². The summed E-state index contributed by atoms with van der Waals surface area (Å²) in [5.41, 5.74) is 2.29. The number of ether oxygens (including phenoxy) is 1. The summed E-state index contributed by atoms with van der Waals surface area (Å²) >= 11 is 1.47. The molecule has 1 amide bonds. The highest BCUT2D eigenvalue weighted by atomic mass is 32.1. The van der Waals surface area contributed by atoms with E-state index in [0.717, 1.165) is 19.6 Å². The topological polar surface area (TPSA) is 42.4 Å². The van der Waals surface area contributed by atoms with Crippen molar-refractivity contribution in [2.75, 3.05) is 13.2 Å². The fraction of sp³-hybridized carbons (Fsp3) is 0.667.